The Labute approximate surface area is 279 Å². The summed E-state index contributed by atoms with van der Waals surface area (Å²) in [5.74, 6) is 1.35. The highest BCUT2D eigenvalue weighted by Crippen LogP contribution is 2.44. The summed E-state index contributed by atoms with van der Waals surface area (Å²) >= 11 is 0. The highest BCUT2D eigenvalue weighted by molar-refractivity contribution is 7.33. The van der Waals surface area contributed by atoms with Crippen LogP contribution >= 0.6 is 8.25 Å². The molecule has 1 unspecified atom stereocenters. The molecule has 1 aliphatic heterocycles. The zero-order valence-electron chi connectivity index (χ0n) is 27.1. The summed E-state index contributed by atoms with van der Waals surface area (Å²) in [4.78, 5) is 27.2. The van der Waals surface area contributed by atoms with Crippen LogP contribution in [0.15, 0.2) is 94.6 Å². The molecule has 0 saturated carbocycles. The van der Waals surface area contributed by atoms with Crippen molar-refractivity contribution >= 4 is 8.25 Å². The maximum atomic E-state index is 12.9. The van der Waals surface area contributed by atoms with Crippen LogP contribution in [0.3, 0.4) is 0 Å². The van der Waals surface area contributed by atoms with Crippen molar-refractivity contribution in [3.63, 3.8) is 0 Å². The Morgan fingerprint density at radius 1 is 0.917 bits per heavy atom. The van der Waals surface area contributed by atoms with E-state index in [1.165, 1.54) is 10.8 Å². The number of unbranched alkanes of at least 4 members (excludes halogenated alkanes) is 1. The molecule has 2 heterocycles. The molecule has 0 radical (unpaired) electrons. The molecule has 0 spiro atoms. The fraction of sp³-hybridized carbons (Fsp3) is 0.371. The van der Waals surface area contributed by atoms with Crippen LogP contribution in [0.4, 0.5) is 0 Å². The average Bonchev–Trinajstić information content (AvgIpc) is 3.51. The Bertz CT molecular complexity index is 1710. The Kier molecular flexibility index (Phi) is 11.9. The largest absolute Gasteiger partial charge is 0.697 e. The Hall–Kier alpha value is -4.16. The van der Waals surface area contributed by atoms with Crippen LogP contribution in [-0.2, 0) is 28.7 Å². The van der Waals surface area contributed by atoms with E-state index >= 15 is 0 Å². The number of hydrogen-bond acceptors (Lipinski definition) is 10. The Balaban J connectivity index is 1.53. The zero-order valence-corrected chi connectivity index (χ0v) is 28.0. The fourth-order valence-electron chi connectivity index (χ4n) is 5.71. The van der Waals surface area contributed by atoms with Crippen LogP contribution in [0.2, 0.25) is 0 Å². The number of aliphatic hydroxyl groups excluding tert-OH is 1. The van der Waals surface area contributed by atoms with Crippen LogP contribution in [0.25, 0.3) is 0 Å². The summed E-state index contributed by atoms with van der Waals surface area (Å²) < 4.78 is 49.8. The van der Waals surface area contributed by atoms with E-state index in [0.717, 1.165) is 16.7 Å². The minimum absolute atomic E-state index is 0.00253. The molecular weight excluding hydrogens is 639 g/mol. The lowest BCUT2D eigenvalue weighted by molar-refractivity contribution is -0.0920. The first-order chi connectivity index (χ1) is 23.3. The molecule has 48 heavy (non-hydrogen) atoms. The van der Waals surface area contributed by atoms with Gasteiger partial charge in [-0.1, -0.05) is 54.6 Å². The van der Waals surface area contributed by atoms with E-state index in [0.29, 0.717) is 29.9 Å². The number of nitrogens with one attached hydrogen (secondary N) is 1. The number of hydrogen-bond donors (Lipinski definition) is 2. The molecule has 1 aromatic heterocycles. The molecule has 4 atom stereocenters. The zero-order chi connectivity index (χ0) is 34.1. The molecule has 12 nitrogen and oxygen atoms in total. The minimum atomic E-state index is -2.56. The predicted octanol–water partition coefficient (Wildman–Crippen LogP) is 4.99. The van der Waals surface area contributed by atoms with Gasteiger partial charge in [0, 0.05) is 29.4 Å². The molecule has 1 fully saturated rings. The Morgan fingerprint density at radius 3 is 2.10 bits per heavy atom. The summed E-state index contributed by atoms with van der Waals surface area (Å²) in [5, 5.41) is 9.06. The third-order valence-electron chi connectivity index (χ3n) is 8.24. The SMILES string of the molecule is COc1ccc(C(OC[C@H]2O[C@@H](n3cc(C)c(=O)[nH]c3=O)C[C@@H]2O[P+](=O)OCCCCO)(c2ccccc2)c2ccc(OC)cc2)cc1. The number of ether oxygens (including phenoxy) is 4. The molecule has 1 saturated heterocycles. The summed E-state index contributed by atoms with van der Waals surface area (Å²) in [6.45, 7) is 1.67. The molecule has 0 amide bonds. The van der Waals surface area contributed by atoms with Crippen molar-refractivity contribution in [1.82, 2.24) is 9.55 Å². The molecule has 0 bridgehead atoms. The first kappa shape index (κ1) is 35.2. The van der Waals surface area contributed by atoms with Crippen molar-refractivity contribution < 1.29 is 37.7 Å². The van der Waals surface area contributed by atoms with Crippen LogP contribution < -0.4 is 20.7 Å². The number of aliphatic hydroxyl groups is 1. The van der Waals surface area contributed by atoms with Gasteiger partial charge >= 0.3 is 13.9 Å². The lowest BCUT2D eigenvalue weighted by Gasteiger charge is -2.37. The first-order valence-corrected chi connectivity index (χ1v) is 16.7. The molecule has 0 aliphatic carbocycles. The van der Waals surface area contributed by atoms with Gasteiger partial charge in [-0.2, -0.15) is 0 Å². The average molecular weight is 680 g/mol. The second-order valence-corrected chi connectivity index (χ2v) is 12.2. The quantitative estimate of drug-likeness (QED) is 0.0943. The van der Waals surface area contributed by atoms with E-state index in [9.17, 15) is 14.2 Å². The number of rotatable bonds is 16. The first-order valence-electron chi connectivity index (χ1n) is 15.6. The van der Waals surface area contributed by atoms with Crippen molar-refractivity contribution in [2.75, 3.05) is 34.0 Å². The van der Waals surface area contributed by atoms with E-state index in [1.54, 1.807) is 21.1 Å². The number of H-pyrrole nitrogens is 1. The lowest BCUT2D eigenvalue weighted by atomic mass is 9.80. The fourth-order valence-corrected chi connectivity index (χ4v) is 6.49. The lowest BCUT2D eigenvalue weighted by Crippen LogP contribution is -2.38. The van der Waals surface area contributed by atoms with Gasteiger partial charge < -0.3 is 24.1 Å². The summed E-state index contributed by atoms with van der Waals surface area (Å²) in [5.41, 5.74) is 0.465. The number of aryl methyl sites for hydroxylation is 1. The maximum Gasteiger partial charge on any atom is 0.697 e. The van der Waals surface area contributed by atoms with Crippen LogP contribution in [0, 0.1) is 6.92 Å². The number of benzene rings is 3. The standard InChI is InChI=1S/C35H39N2O10P/c1-24-22-37(34(40)36-33(24)39)32-21-30(47-48(41)45-20-8-7-19-38)31(46-32)23-44-35(25-9-5-4-6-10-25,26-11-15-28(42-2)16-12-26)27-13-17-29(43-3)18-14-27/h4-6,9-18,22,30-32,38H,7-8,19-21,23H2,1-3H3/p+1/t30-,31+,32+/m0/s1. The van der Waals surface area contributed by atoms with Crippen molar-refractivity contribution in [3.8, 4) is 11.5 Å². The van der Waals surface area contributed by atoms with Gasteiger partial charge in [-0.25, -0.2) is 4.79 Å². The van der Waals surface area contributed by atoms with Gasteiger partial charge in [0.2, 0.25) is 0 Å². The molecular formula is C35H40N2O10P+. The van der Waals surface area contributed by atoms with Crippen molar-refractivity contribution in [3.05, 3.63) is 128 Å². The normalized spacial score (nSPS) is 18.1. The summed E-state index contributed by atoms with van der Waals surface area (Å²) in [6.07, 6.45) is 0.0972. The predicted molar refractivity (Wildman–Crippen MR) is 178 cm³/mol. The second-order valence-electron chi connectivity index (χ2n) is 11.3. The van der Waals surface area contributed by atoms with Gasteiger partial charge in [0.05, 0.1) is 20.8 Å². The molecule has 254 valence electrons. The Morgan fingerprint density at radius 2 is 1.52 bits per heavy atom. The monoisotopic (exact) mass is 679 g/mol. The number of nitrogens with zero attached hydrogens (tertiary/aromatic N) is 1. The summed E-state index contributed by atoms with van der Waals surface area (Å²) in [7, 11) is 0.638. The van der Waals surface area contributed by atoms with Crippen molar-refractivity contribution in [2.24, 2.45) is 0 Å². The van der Waals surface area contributed by atoms with Crippen LogP contribution in [0.1, 0.15) is 47.7 Å². The number of methoxy groups -OCH3 is 2. The number of aromatic amines is 1. The van der Waals surface area contributed by atoms with Crippen molar-refractivity contribution in [1.29, 1.82) is 0 Å². The van der Waals surface area contributed by atoms with E-state index in [1.807, 2.05) is 78.9 Å². The molecule has 1 aliphatic rings. The molecule has 5 rings (SSSR count). The second kappa shape index (κ2) is 16.3. The third-order valence-corrected chi connectivity index (χ3v) is 9.08. The van der Waals surface area contributed by atoms with E-state index in [4.69, 9.17) is 33.1 Å². The molecule has 4 aromatic rings. The van der Waals surface area contributed by atoms with Crippen molar-refractivity contribution in [2.45, 2.75) is 50.2 Å². The van der Waals surface area contributed by atoms with Gasteiger partial charge in [0.25, 0.3) is 5.56 Å². The molecule has 2 N–H and O–H groups in total. The van der Waals surface area contributed by atoms with Gasteiger partial charge in [-0.3, -0.25) is 14.3 Å². The van der Waals surface area contributed by atoms with Gasteiger partial charge in [0.15, 0.2) is 0 Å². The van der Waals surface area contributed by atoms with Gasteiger partial charge in [-0.15, -0.1) is 9.05 Å². The van der Waals surface area contributed by atoms with Crippen LogP contribution in [0.5, 0.6) is 11.5 Å². The minimum Gasteiger partial charge on any atom is -0.497 e. The van der Waals surface area contributed by atoms with E-state index in [2.05, 4.69) is 4.98 Å². The number of aromatic nitrogens is 2. The topological polar surface area (TPSA) is 148 Å². The molecule has 13 heteroatoms. The smallest absolute Gasteiger partial charge is 0.497 e. The van der Waals surface area contributed by atoms with Crippen LogP contribution in [-0.4, -0.2) is 60.9 Å². The van der Waals surface area contributed by atoms with Gasteiger partial charge in [0.1, 0.15) is 42.1 Å². The van der Waals surface area contributed by atoms with E-state index in [-0.39, 0.29) is 26.2 Å². The molecule has 3 aromatic carbocycles. The highest BCUT2D eigenvalue weighted by Gasteiger charge is 2.46. The summed E-state index contributed by atoms with van der Waals surface area (Å²) in [6, 6.07) is 24.9. The van der Waals surface area contributed by atoms with E-state index < -0.39 is 43.5 Å². The maximum absolute atomic E-state index is 12.9. The highest BCUT2D eigenvalue weighted by atomic mass is 31.1. The van der Waals surface area contributed by atoms with Gasteiger partial charge in [-0.05, 0) is 60.7 Å². The third kappa shape index (κ3) is 7.92.